The third-order valence-corrected chi connectivity index (χ3v) is 2.78. The Hall–Kier alpha value is -0.770. The van der Waals surface area contributed by atoms with Gasteiger partial charge >= 0.3 is 0 Å². The van der Waals surface area contributed by atoms with Gasteiger partial charge in [0.05, 0.1) is 0 Å². The number of likely N-dealkylation sites (tertiary alicyclic amines) is 1. The molecule has 2 aliphatic heterocycles. The Morgan fingerprint density at radius 3 is 2.85 bits per heavy atom. The summed E-state index contributed by atoms with van der Waals surface area (Å²) in [5, 5.41) is 7.94. The minimum atomic E-state index is 0.536. The Bertz CT molecular complexity index is 244. The summed E-state index contributed by atoms with van der Waals surface area (Å²) in [4.78, 5) is 6.74. The topological polar surface area (TPSA) is 40.3 Å². The van der Waals surface area contributed by atoms with E-state index in [1.165, 1.54) is 13.0 Å². The fourth-order valence-corrected chi connectivity index (χ4v) is 1.92. The molecule has 1 saturated heterocycles. The third-order valence-electron chi connectivity index (χ3n) is 2.78. The van der Waals surface area contributed by atoms with Crippen molar-refractivity contribution < 1.29 is 0 Å². The van der Waals surface area contributed by atoms with Crippen molar-refractivity contribution >= 4 is 5.84 Å². The molecule has 72 valence electrons. The lowest BCUT2D eigenvalue weighted by Crippen LogP contribution is -2.29. The molecule has 1 unspecified atom stereocenters. The molecule has 0 bridgehead atoms. The van der Waals surface area contributed by atoms with Crippen LogP contribution in [-0.2, 0) is 0 Å². The summed E-state index contributed by atoms with van der Waals surface area (Å²) in [6.07, 6.45) is 1.19. The summed E-state index contributed by atoms with van der Waals surface area (Å²) in [5.41, 5.74) is 0. The van der Waals surface area contributed by atoms with Gasteiger partial charge in [0.2, 0.25) is 0 Å². The predicted molar refractivity (Wildman–Crippen MR) is 52.0 cm³/mol. The highest BCUT2D eigenvalue weighted by Crippen LogP contribution is 2.21. The Morgan fingerprint density at radius 1 is 1.46 bits per heavy atom. The number of hydrogen-bond acceptors (Lipinski definition) is 4. The highest BCUT2D eigenvalue weighted by molar-refractivity contribution is 5.86. The minimum absolute atomic E-state index is 0.536. The van der Waals surface area contributed by atoms with Gasteiger partial charge in [0, 0.05) is 18.5 Å². The molecule has 2 aliphatic rings. The maximum atomic E-state index is 4.27. The fourth-order valence-electron chi connectivity index (χ4n) is 1.92. The second kappa shape index (κ2) is 3.54. The second-order valence-corrected chi connectivity index (χ2v) is 3.97. The molecule has 2 heterocycles. The molecule has 13 heavy (non-hydrogen) atoms. The molecule has 0 aromatic carbocycles. The fraction of sp³-hybridized carbons (Fsp3) is 0.889. The van der Waals surface area contributed by atoms with Crippen molar-refractivity contribution in [2.45, 2.75) is 26.3 Å². The molecule has 0 aromatic rings. The van der Waals surface area contributed by atoms with Gasteiger partial charge in [-0.15, -0.1) is 5.11 Å². The number of aliphatic imine (C=N–C) groups is 1. The molecular formula is C9H16N4. The van der Waals surface area contributed by atoms with Gasteiger partial charge in [-0.25, -0.2) is 4.99 Å². The first kappa shape index (κ1) is 8.81. The normalized spacial score (nSPS) is 28.8. The first-order chi connectivity index (χ1) is 6.27. The number of nitrogens with zero attached hydrogens (tertiary/aromatic N) is 4. The quantitative estimate of drug-likeness (QED) is 0.635. The first-order valence-electron chi connectivity index (χ1n) is 4.93. The smallest absolute Gasteiger partial charge is 0.152 e. The Labute approximate surface area is 78.7 Å². The molecule has 4 heteroatoms. The van der Waals surface area contributed by atoms with Crippen LogP contribution in [0.4, 0.5) is 0 Å². The summed E-state index contributed by atoms with van der Waals surface area (Å²) >= 11 is 0. The maximum absolute atomic E-state index is 4.27. The predicted octanol–water partition coefficient (Wildman–Crippen LogP) is 1.54. The van der Waals surface area contributed by atoms with Gasteiger partial charge in [-0.3, -0.25) is 0 Å². The number of hydrogen-bond donors (Lipinski definition) is 0. The van der Waals surface area contributed by atoms with Crippen molar-refractivity contribution in [3.63, 3.8) is 0 Å². The van der Waals surface area contributed by atoms with E-state index in [-0.39, 0.29) is 0 Å². The van der Waals surface area contributed by atoms with E-state index in [0.29, 0.717) is 18.6 Å². The van der Waals surface area contributed by atoms with Crippen LogP contribution >= 0.6 is 0 Å². The van der Waals surface area contributed by atoms with Gasteiger partial charge in [0.15, 0.2) is 12.5 Å². The lowest BCUT2D eigenvalue weighted by atomic mass is 10.1. The van der Waals surface area contributed by atoms with E-state index in [2.05, 4.69) is 34.0 Å². The van der Waals surface area contributed by atoms with Crippen molar-refractivity contribution in [3.8, 4) is 0 Å². The van der Waals surface area contributed by atoms with E-state index >= 15 is 0 Å². The highest BCUT2D eigenvalue weighted by atomic mass is 15.3. The largest absolute Gasteiger partial charge is 0.300 e. The zero-order chi connectivity index (χ0) is 9.26. The molecule has 0 aromatic heterocycles. The van der Waals surface area contributed by atoms with E-state index in [9.17, 15) is 0 Å². The van der Waals surface area contributed by atoms with Gasteiger partial charge in [0.1, 0.15) is 0 Å². The van der Waals surface area contributed by atoms with Crippen molar-refractivity contribution in [2.75, 3.05) is 19.8 Å². The van der Waals surface area contributed by atoms with Crippen LogP contribution in [0.15, 0.2) is 15.2 Å². The summed E-state index contributed by atoms with van der Waals surface area (Å²) in [6.45, 7) is 7.31. The molecule has 0 aliphatic carbocycles. The standard InChI is InChI=1S/C9H16N4/c1-7(2)13-4-3-8(5-13)9-10-6-11-12-9/h7-8H,3-6H2,1-2H3. The van der Waals surface area contributed by atoms with Gasteiger partial charge in [0.25, 0.3) is 0 Å². The van der Waals surface area contributed by atoms with Crippen molar-refractivity contribution in [1.82, 2.24) is 4.90 Å². The number of amidine groups is 1. The third kappa shape index (κ3) is 1.77. The summed E-state index contributed by atoms with van der Waals surface area (Å²) in [7, 11) is 0. The van der Waals surface area contributed by atoms with Gasteiger partial charge in [-0.2, -0.15) is 5.11 Å². The van der Waals surface area contributed by atoms with Crippen molar-refractivity contribution in [3.05, 3.63) is 0 Å². The van der Waals surface area contributed by atoms with E-state index in [0.717, 1.165) is 12.4 Å². The van der Waals surface area contributed by atoms with E-state index in [1.807, 2.05) is 0 Å². The molecule has 0 saturated carbocycles. The number of azo groups is 1. The second-order valence-electron chi connectivity index (χ2n) is 3.97. The molecule has 0 N–H and O–H groups in total. The van der Waals surface area contributed by atoms with Crippen LogP contribution in [0.2, 0.25) is 0 Å². The summed E-state index contributed by atoms with van der Waals surface area (Å²) in [6, 6.07) is 0.643. The van der Waals surface area contributed by atoms with Gasteiger partial charge in [-0.05, 0) is 26.8 Å². The molecule has 0 amide bonds. The lowest BCUT2D eigenvalue weighted by molar-refractivity contribution is 0.272. The van der Waals surface area contributed by atoms with Crippen LogP contribution < -0.4 is 0 Å². The molecule has 1 fully saturated rings. The van der Waals surface area contributed by atoms with Crippen LogP contribution in [-0.4, -0.2) is 36.5 Å². The van der Waals surface area contributed by atoms with E-state index in [1.54, 1.807) is 0 Å². The van der Waals surface area contributed by atoms with E-state index in [4.69, 9.17) is 0 Å². The van der Waals surface area contributed by atoms with Crippen LogP contribution in [0.3, 0.4) is 0 Å². The zero-order valence-corrected chi connectivity index (χ0v) is 8.27. The zero-order valence-electron chi connectivity index (χ0n) is 8.27. The monoisotopic (exact) mass is 180 g/mol. The van der Waals surface area contributed by atoms with Crippen LogP contribution in [0.25, 0.3) is 0 Å². The SMILES string of the molecule is CC(C)N1CCC(C2=NCN=N2)C1. The maximum Gasteiger partial charge on any atom is 0.152 e. The molecule has 0 radical (unpaired) electrons. The molecule has 4 nitrogen and oxygen atoms in total. The minimum Gasteiger partial charge on any atom is -0.300 e. The summed E-state index contributed by atoms with van der Waals surface area (Å²) < 4.78 is 0. The Kier molecular flexibility index (Phi) is 2.40. The summed E-state index contributed by atoms with van der Waals surface area (Å²) in [5.74, 6) is 1.51. The van der Waals surface area contributed by atoms with Crippen molar-refractivity contribution in [1.29, 1.82) is 0 Å². The van der Waals surface area contributed by atoms with E-state index < -0.39 is 0 Å². The number of rotatable bonds is 2. The average molecular weight is 180 g/mol. The van der Waals surface area contributed by atoms with Crippen LogP contribution in [0, 0.1) is 5.92 Å². The average Bonchev–Trinajstić information content (AvgIpc) is 2.75. The van der Waals surface area contributed by atoms with Crippen molar-refractivity contribution in [2.24, 2.45) is 21.1 Å². The molecule has 2 rings (SSSR count). The first-order valence-corrected chi connectivity index (χ1v) is 4.93. The highest BCUT2D eigenvalue weighted by Gasteiger charge is 2.28. The van der Waals surface area contributed by atoms with Gasteiger partial charge in [-0.1, -0.05) is 0 Å². The Morgan fingerprint density at radius 2 is 2.31 bits per heavy atom. The van der Waals surface area contributed by atoms with Crippen LogP contribution in [0.1, 0.15) is 20.3 Å². The lowest BCUT2D eigenvalue weighted by Gasteiger charge is -2.19. The van der Waals surface area contributed by atoms with Gasteiger partial charge < -0.3 is 4.90 Å². The molecule has 1 atom stereocenters. The Balaban J connectivity index is 1.94. The molecule has 0 spiro atoms. The van der Waals surface area contributed by atoms with Crippen LogP contribution in [0.5, 0.6) is 0 Å². The molecular weight excluding hydrogens is 164 g/mol.